The Balaban J connectivity index is 2.90. The molecule has 2 aromatic heterocycles. The summed E-state index contributed by atoms with van der Waals surface area (Å²) in [7, 11) is 0. The van der Waals surface area contributed by atoms with Gasteiger partial charge in [0.05, 0.1) is 11.1 Å². The number of aryl methyl sites for hydroxylation is 1. The molecule has 0 bridgehead atoms. The number of hydrogen-bond donors (Lipinski definition) is 1. The molecular weight excluding hydrogens is 144 g/mol. The van der Waals surface area contributed by atoms with E-state index in [1.54, 1.807) is 13.1 Å². The van der Waals surface area contributed by atoms with Gasteiger partial charge in [-0.1, -0.05) is 5.16 Å². The summed E-state index contributed by atoms with van der Waals surface area (Å²) >= 11 is 0. The molecule has 0 aromatic carbocycles. The lowest BCUT2D eigenvalue weighted by molar-refractivity contribution is 0.112. The average Bonchev–Trinajstić information content (AvgIpc) is 2.54. The van der Waals surface area contributed by atoms with Gasteiger partial charge in [0.15, 0.2) is 6.29 Å². The fraction of sp³-hybridized carbons (Fsp3) is 0.143. The number of carbonyl (C=O) groups is 1. The number of hydrogen-bond acceptors (Lipinski definition) is 3. The SMILES string of the molecule is Cc1noc2[nH]cc(C=O)c12. The van der Waals surface area contributed by atoms with E-state index in [0.29, 0.717) is 11.3 Å². The molecule has 0 atom stereocenters. The molecule has 1 N–H and O–H groups in total. The van der Waals surface area contributed by atoms with Crippen molar-refractivity contribution in [3.8, 4) is 0 Å². The van der Waals surface area contributed by atoms with E-state index < -0.39 is 0 Å². The summed E-state index contributed by atoms with van der Waals surface area (Å²) in [6.07, 6.45) is 2.39. The Morgan fingerprint density at radius 3 is 3.27 bits per heavy atom. The van der Waals surface area contributed by atoms with Crippen molar-refractivity contribution < 1.29 is 9.32 Å². The molecule has 2 rings (SSSR count). The van der Waals surface area contributed by atoms with Gasteiger partial charge >= 0.3 is 0 Å². The van der Waals surface area contributed by atoms with Crippen LogP contribution in [0, 0.1) is 6.92 Å². The van der Waals surface area contributed by atoms with E-state index in [1.165, 1.54) is 0 Å². The molecule has 11 heavy (non-hydrogen) atoms. The summed E-state index contributed by atoms with van der Waals surface area (Å²) < 4.78 is 4.87. The Morgan fingerprint density at radius 2 is 2.55 bits per heavy atom. The number of H-pyrrole nitrogens is 1. The molecular formula is C7H6N2O2. The van der Waals surface area contributed by atoms with Crippen molar-refractivity contribution in [2.75, 3.05) is 0 Å². The maximum absolute atomic E-state index is 10.4. The molecule has 2 aromatic rings. The fourth-order valence-electron chi connectivity index (χ4n) is 1.12. The topological polar surface area (TPSA) is 58.9 Å². The highest BCUT2D eigenvalue weighted by Gasteiger charge is 2.09. The van der Waals surface area contributed by atoms with Gasteiger partial charge in [-0.15, -0.1) is 0 Å². The molecule has 4 nitrogen and oxygen atoms in total. The van der Waals surface area contributed by atoms with Gasteiger partial charge in [-0.25, -0.2) is 0 Å². The van der Waals surface area contributed by atoms with E-state index in [4.69, 9.17) is 4.52 Å². The van der Waals surface area contributed by atoms with Crippen LogP contribution < -0.4 is 0 Å². The number of aromatic amines is 1. The molecule has 0 aliphatic rings. The van der Waals surface area contributed by atoms with Crippen LogP contribution in [0.4, 0.5) is 0 Å². The molecule has 0 aliphatic heterocycles. The largest absolute Gasteiger partial charge is 0.338 e. The van der Waals surface area contributed by atoms with Gasteiger partial charge in [0, 0.05) is 11.8 Å². The highest BCUT2D eigenvalue weighted by Crippen LogP contribution is 2.19. The van der Waals surface area contributed by atoms with Crippen LogP contribution in [0.3, 0.4) is 0 Å². The van der Waals surface area contributed by atoms with Crippen LogP contribution >= 0.6 is 0 Å². The van der Waals surface area contributed by atoms with Crippen molar-refractivity contribution in [1.82, 2.24) is 10.1 Å². The number of nitrogens with zero attached hydrogens (tertiary/aromatic N) is 1. The highest BCUT2D eigenvalue weighted by atomic mass is 16.5. The molecule has 56 valence electrons. The predicted molar refractivity (Wildman–Crippen MR) is 38.5 cm³/mol. The maximum Gasteiger partial charge on any atom is 0.236 e. The summed E-state index contributed by atoms with van der Waals surface area (Å²) in [5.74, 6) is 0. The van der Waals surface area contributed by atoms with Crippen LogP contribution in [0.1, 0.15) is 16.1 Å². The third kappa shape index (κ3) is 0.690. The third-order valence-corrected chi connectivity index (χ3v) is 1.64. The van der Waals surface area contributed by atoms with Crippen molar-refractivity contribution in [3.05, 3.63) is 17.5 Å². The quantitative estimate of drug-likeness (QED) is 0.623. The number of rotatable bonds is 1. The van der Waals surface area contributed by atoms with Crippen LogP contribution in [0.25, 0.3) is 11.1 Å². The van der Waals surface area contributed by atoms with Gasteiger partial charge in [0.1, 0.15) is 0 Å². The standard InChI is InChI=1S/C7H6N2O2/c1-4-6-5(3-10)2-8-7(6)11-9-4/h2-3,8H,1H3. The summed E-state index contributed by atoms with van der Waals surface area (Å²) in [6.45, 7) is 1.80. The lowest BCUT2D eigenvalue weighted by atomic mass is 10.2. The Morgan fingerprint density at radius 1 is 1.73 bits per heavy atom. The van der Waals surface area contributed by atoms with Gasteiger partial charge < -0.3 is 9.51 Å². The third-order valence-electron chi connectivity index (χ3n) is 1.64. The summed E-state index contributed by atoms with van der Waals surface area (Å²) in [5, 5.41) is 4.48. The first-order valence-corrected chi connectivity index (χ1v) is 3.21. The molecule has 0 radical (unpaired) electrons. The van der Waals surface area contributed by atoms with Crippen molar-refractivity contribution in [3.63, 3.8) is 0 Å². The Bertz CT molecular complexity index is 399. The Labute approximate surface area is 62.2 Å². The fourth-order valence-corrected chi connectivity index (χ4v) is 1.12. The molecule has 4 heteroatoms. The van der Waals surface area contributed by atoms with E-state index >= 15 is 0 Å². The van der Waals surface area contributed by atoms with Gasteiger partial charge in [-0.2, -0.15) is 0 Å². The van der Waals surface area contributed by atoms with Crippen LogP contribution in [0.2, 0.25) is 0 Å². The Hall–Kier alpha value is -1.58. The summed E-state index contributed by atoms with van der Waals surface area (Å²) in [6, 6.07) is 0. The first-order valence-electron chi connectivity index (χ1n) is 3.21. The van der Waals surface area contributed by atoms with Gasteiger partial charge in [-0.05, 0) is 6.92 Å². The van der Waals surface area contributed by atoms with Gasteiger partial charge in [0.25, 0.3) is 0 Å². The zero-order valence-electron chi connectivity index (χ0n) is 5.92. The zero-order valence-corrected chi connectivity index (χ0v) is 5.92. The molecule has 0 unspecified atom stereocenters. The van der Waals surface area contributed by atoms with Crippen molar-refractivity contribution in [2.24, 2.45) is 0 Å². The first kappa shape index (κ1) is 6.15. The second-order valence-electron chi connectivity index (χ2n) is 2.33. The minimum absolute atomic E-state index is 0.560. The summed E-state index contributed by atoms with van der Waals surface area (Å²) in [5.41, 5.74) is 1.90. The van der Waals surface area contributed by atoms with Gasteiger partial charge in [-0.3, -0.25) is 4.79 Å². The summed E-state index contributed by atoms with van der Waals surface area (Å²) in [4.78, 5) is 13.2. The zero-order chi connectivity index (χ0) is 7.84. The van der Waals surface area contributed by atoms with E-state index in [1.807, 2.05) is 0 Å². The normalized spacial score (nSPS) is 10.6. The minimum Gasteiger partial charge on any atom is -0.338 e. The number of nitrogens with one attached hydrogen (secondary N) is 1. The molecule has 0 saturated carbocycles. The van der Waals surface area contributed by atoms with Crippen LogP contribution in [0.5, 0.6) is 0 Å². The number of aromatic nitrogens is 2. The molecule has 0 aliphatic carbocycles. The lowest BCUT2D eigenvalue weighted by Crippen LogP contribution is -1.75. The highest BCUT2D eigenvalue weighted by molar-refractivity contribution is 5.96. The minimum atomic E-state index is 0.560. The molecule has 0 spiro atoms. The second-order valence-corrected chi connectivity index (χ2v) is 2.33. The van der Waals surface area contributed by atoms with E-state index in [2.05, 4.69) is 10.1 Å². The van der Waals surface area contributed by atoms with E-state index in [0.717, 1.165) is 17.4 Å². The lowest BCUT2D eigenvalue weighted by Gasteiger charge is -1.78. The number of fused-ring (bicyclic) bond motifs is 1. The van der Waals surface area contributed by atoms with Crippen molar-refractivity contribution in [2.45, 2.75) is 6.92 Å². The van der Waals surface area contributed by atoms with Crippen LogP contribution in [-0.2, 0) is 0 Å². The van der Waals surface area contributed by atoms with Crippen LogP contribution in [-0.4, -0.2) is 16.4 Å². The second kappa shape index (κ2) is 1.95. The maximum atomic E-state index is 10.4. The average molecular weight is 150 g/mol. The Kier molecular flexibility index (Phi) is 1.09. The van der Waals surface area contributed by atoms with E-state index in [-0.39, 0.29) is 0 Å². The van der Waals surface area contributed by atoms with Crippen LogP contribution in [0.15, 0.2) is 10.7 Å². The van der Waals surface area contributed by atoms with Crippen molar-refractivity contribution in [1.29, 1.82) is 0 Å². The molecule has 0 fully saturated rings. The predicted octanol–water partition coefficient (Wildman–Crippen LogP) is 1.28. The number of aldehydes is 1. The smallest absolute Gasteiger partial charge is 0.236 e. The molecule has 0 amide bonds. The van der Waals surface area contributed by atoms with Gasteiger partial charge in [0.2, 0.25) is 5.71 Å². The first-order chi connectivity index (χ1) is 5.33. The van der Waals surface area contributed by atoms with Crippen molar-refractivity contribution >= 4 is 17.4 Å². The molecule has 2 heterocycles. The molecule has 0 saturated heterocycles. The van der Waals surface area contributed by atoms with E-state index in [9.17, 15) is 4.79 Å². The monoisotopic (exact) mass is 150 g/mol. The number of carbonyl (C=O) groups excluding carboxylic acids is 1.